The maximum atomic E-state index is 12.7. The second kappa shape index (κ2) is 5.28. The van der Waals surface area contributed by atoms with Gasteiger partial charge < -0.3 is 19.3 Å². The monoisotopic (exact) mass is 328 g/mol. The average Bonchev–Trinajstić information content (AvgIpc) is 2.80. The van der Waals surface area contributed by atoms with Gasteiger partial charge in [0.1, 0.15) is 18.3 Å². The number of aliphatic hydroxyl groups is 1. The van der Waals surface area contributed by atoms with Crippen molar-refractivity contribution < 1.29 is 27.7 Å². The predicted molar refractivity (Wildman–Crippen MR) is 77.8 cm³/mol. The maximum Gasteiger partial charge on any atom is 0.207 e. The Kier molecular flexibility index (Phi) is 3.81. The summed E-state index contributed by atoms with van der Waals surface area (Å²) in [7, 11) is -3.83. The van der Waals surface area contributed by atoms with Crippen LogP contribution in [0.3, 0.4) is 0 Å². The number of sulfone groups is 1. The number of hydrogen-bond donors (Lipinski definition) is 1. The number of ether oxygens (including phenoxy) is 3. The van der Waals surface area contributed by atoms with Crippen LogP contribution < -0.4 is 0 Å². The Morgan fingerprint density at radius 1 is 1.09 bits per heavy atom. The first-order valence-corrected chi connectivity index (χ1v) is 8.75. The highest BCUT2D eigenvalue weighted by atomic mass is 32.2. The number of benzene rings is 1. The van der Waals surface area contributed by atoms with E-state index < -0.39 is 45.5 Å². The quantitative estimate of drug-likeness (QED) is 0.875. The minimum Gasteiger partial charge on any atom is -0.386 e. The molecule has 0 bridgehead atoms. The summed E-state index contributed by atoms with van der Waals surface area (Å²) in [4.78, 5) is 0.114. The lowest BCUT2D eigenvalue weighted by molar-refractivity contribution is -0.154. The summed E-state index contributed by atoms with van der Waals surface area (Å²) in [5.41, 5.74) is -1.37. The Labute approximate surface area is 129 Å². The molecule has 1 aromatic rings. The van der Waals surface area contributed by atoms with Crippen molar-refractivity contribution >= 4 is 9.84 Å². The zero-order valence-electron chi connectivity index (χ0n) is 12.7. The number of hydrogen-bond acceptors (Lipinski definition) is 6. The summed E-state index contributed by atoms with van der Waals surface area (Å²) in [5, 5.41) is 10.5. The van der Waals surface area contributed by atoms with Crippen molar-refractivity contribution in [1.82, 2.24) is 0 Å². The molecule has 2 saturated heterocycles. The van der Waals surface area contributed by atoms with Gasteiger partial charge in [0, 0.05) is 0 Å². The van der Waals surface area contributed by atoms with Gasteiger partial charge in [-0.15, -0.1) is 0 Å². The van der Waals surface area contributed by atoms with E-state index in [1.807, 2.05) is 0 Å². The van der Waals surface area contributed by atoms with E-state index in [0.29, 0.717) is 0 Å². The molecule has 22 heavy (non-hydrogen) atoms. The van der Waals surface area contributed by atoms with Crippen LogP contribution in [-0.2, 0) is 24.0 Å². The van der Waals surface area contributed by atoms with Gasteiger partial charge in [-0.25, -0.2) is 8.42 Å². The molecular formula is C15H20O6S. The van der Waals surface area contributed by atoms with Crippen LogP contribution in [0.25, 0.3) is 0 Å². The minimum absolute atomic E-state index is 0.114. The van der Waals surface area contributed by atoms with Crippen LogP contribution in [0.4, 0.5) is 0 Å². The van der Waals surface area contributed by atoms with Crippen LogP contribution in [0.15, 0.2) is 35.2 Å². The third kappa shape index (κ3) is 2.57. The van der Waals surface area contributed by atoms with Crippen LogP contribution >= 0.6 is 0 Å². The van der Waals surface area contributed by atoms with E-state index in [4.69, 9.17) is 14.2 Å². The van der Waals surface area contributed by atoms with Crippen LogP contribution in [-0.4, -0.2) is 49.2 Å². The van der Waals surface area contributed by atoms with E-state index in [1.165, 1.54) is 12.1 Å². The number of aliphatic hydroxyl groups excluding tert-OH is 1. The minimum atomic E-state index is -3.83. The average molecular weight is 328 g/mol. The molecule has 2 aliphatic rings. The van der Waals surface area contributed by atoms with Gasteiger partial charge in [0.15, 0.2) is 11.2 Å². The summed E-state index contributed by atoms with van der Waals surface area (Å²) in [6.45, 7) is 5.18. The van der Waals surface area contributed by atoms with E-state index in [-0.39, 0.29) is 4.90 Å². The Morgan fingerprint density at radius 2 is 1.68 bits per heavy atom. The van der Waals surface area contributed by atoms with E-state index in [1.54, 1.807) is 39.0 Å². The number of fused-ring (bicyclic) bond motifs is 1. The van der Waals surface area contributed by atoms with Gasteiger partial charge in [0.05, 0.1) is 11.0 Å². The lowest BCUT2D eigenvalue weighted by Crippen LogP contribution is -2.57. The molecule has 1 N–H and O–H groups in total. The lowest BCUT2D eigenvalue weighted by Gasteiger charge is -2.38. The summed E-state index contributed by atoms with van der Waals surface area (Å²) < 4.78 is 42.4. The normalized spacial score (nSPS) is 37.7. The van der Waals surface area contributed by atoms with E-state index in [0.717, 1.165) is 0 Å². The molecule has 0 unspecified atom stereocenters. The lowest BCUT2D eigenvalue weighted by atomic mass is 10.0. The van der Waals surface area contributed by atoms with Crippen LogP contribution in [0.5, 0.6) is 0 Å². The van der Waals surface area contributed by atoms with Crippen molar-refractivity contribution in [3.8, 4) is 0 Å². The van der Waals surface area contributed by atoms with Crippen molar-refractivity contribution in [2.45, 2.75) is 61.3 Å². The zero-order valence-corrected chi connectivity index (χ0v) is 13.5. The molecule has 0 aliphatic carbocycles. The van der Waals surface area contributed by atoms with Crippen molar-refractivity contribution in [3.05, 3.63) is 30.3 Å². The first-order valence-electron chi connectivity index (χ1n) is 7.20. The molecule has 0 aromatic heterocycles. The van der Waals surface area contributed by atoms with Crippen molar-refractivity contribution in [2.75, 3.05) is 0 Å². The highest BCUT2D eigenvalue weighted by Gasteiger charge is 2.56. The highest BCUT2D eigenvalue weighted by Crippen LogP contribution is 2.39. The molecule has 5 atom stereocenters. The van der Waals surface area contributed by atoms with E-state index >= 15 is 0 Å². The number of rotatable bonds is 2. The van der Waals surface area contributed by atoms with Crippen LogP contribution in [0.1, 0.15) is 20.8 Å². The highest BCUT2D eigenvalue weighted by molar-refractivity contribution is 7.92. The molecule has 2 heterocycles. The first-order chi connectivity index (χ1) is 10.2. The smallest absolute Gasteiger partial charge is 0.207 e. The second-order valence-corrected chi connectivity index (χ2v) is 8.15. The molecule has 2 fully saturated rings. The molecule has 0 saturated carbocycles. The van der Waals surface area contributed by atoms with Crippen LogP contribution in [0, 0.1) is 0 Å². The van der Waals surface area contributed by atoms with Gasteiger partial charge >= 0.3 is 0 Å². The van der Waals surface area contributed by atoms with E-state index in [2.05, 4.69) is 0 Å². The van der Waals surface area contributed by atoms with Gasteiger partial charge in [0.25, 0.3) is 0 Å². The standard InChI is InChI=1S/C15H20O6S/c1-9-12-13(21-15(2,3)20-12)11(16)14(19-9)22(17,18)10-7-5-4-6-8-10/h4-9,11-14,16H,1-3H3/t9-,11-,12+,13+,14-/m0/s1. The van der Waals surface area contributed by atoms with Gasteiger partial charge in [0.2, 0.25) is 9.84 Å². The van der Waals surface area contributed by atoms with E-state index in [9.17, 15) is 13.5 Å². The SMILES string of the molecule is C[C@@H]1O[C@@H](S(=O)(=O)c2ccccc2)[C@@H](O)[C@H]2OC(C)(C)O[C@@H]21. The fraction of sp³-hybridized carbons (Fsp3) is 0.600. The van der Waals surface area contributed by atoms with Crippen molar-refractivity contribution in [2.24, 2.45) is 0 Å². The molecule has 0 radical (unpaired) electrons. The Bertz CT molecular complexity index is 641. The van der Waals surface area contributed by atoms with Crippen molar-refractivity contribution in [1.29, 1.82) is 0 Å². The first kappa shape index (κ1) is 15.9. The topological polar surface area (TPSA) is 82.1 Å². The third-order valence-electron chi connectivity index (χ3n) is 3.97. The molecule has 1 aromatic carbocycles. The fourth-order valence-electron chi connectivity index (χ4n) is 2.97. The second-order valence-electron chi connectivity index (χ2n) is 6.12. The Morgan fingerprint density at radius 3 is 2.32 bits per heavy atom. The maximum absolute atomic E-state index is 12.7. The molecule has 2 aliphatic heterocycles. The summed E-state index contributed by atoms with van der Waals surface area (Å²) in [5.74, 6) is -0.876. The van der Waals surface area contributed by atoms with Crippen molar-refractivity contribution in [3.63, 3.8) is 0 Å². The van der Waals surface area contributed by atoms with Gasteiger partial charge in [-0.05, 0) is 32.9 Å². The molecule has 3 rings (SSSR count). The Balaban J connectivity index is 1.93. The van der Waals surface area contributed by atoms with Gasteiger partial charge in [-0.2, -0.15) is 0 Å². The summed E-state index contributed by atoms with van der Waals surface area (Å²) in [6.07, 6.45) is -3.04. The fourth-order valence-corrected chi connectivity index (χ4v) is 4.62. The molecule has 0 amide bonds. The predicted octanol–water partition coefficient (Wildman–Crippen LogP) is 1.09. The van der Waals surface area contributed by atoms with Gasteiger partial charge in [-0.3, -0.25) is 0 Å². The summed E-state index contributed by atoms with van der Waals surface area (Å²) in [6, 6.07) is 7.96. The molecule has 0 spiro atoms. The van der Waals surface area contributed by atoms with Crippen LogP contribution in [0.2, 0.25) is 0 Å². The third-order valence-corrected chi connectivity index (χ3v) is 5.90. The molecule has 7 heteroatoms. The molecule has 6 nitrogen and oxygen atoms in total. The zero-order chi connectivity index (χ0) is 16.1. The van der Waals surface area contributed by atoms with Gasteiger partial charge in [-0.1, -0.05) is 18.2 Å². The Hall–Kier alpha value is -0.990. The molecular weight excluding hydrogens is 308 g/mol. The molecule has 122 valence electrons. The summed E-state index contributed by atoms with van der Waals surface area (Å²) >= 11 is 0. The largest absolute Gasteiger partial charge is 0.386 e.